The van der Waals surface area contributed by atoms with Crippen LogP contribution in [0.1, 0.15) is 40.7 Å². The lowest BCUT2D eigenvalue weighted by Crippen LogP contribution is -2.29. The molecule has 2 rings (SSSR count). The standard InChI is InChI=1S/C17H21NO2/c1-13-15(6-3-4-11-19)7-5-8-16(13)17(20)18(2)12-14-9-10-14/h5,7-8,14,19H,4,9-12H2,1-2H3. The van der Waals surface area contributed by atoms with Gasteiger partial charge in [0, 0.05) is 31.1 Å². The molecule has 0 radical (unpaired) electrons. The van der Waals surface area contributed by atoms with Crippen LogP contribution in [0.25, 0.3) is 0 Å². The van der Waals surface area contributed by atoms with Gasteiger partial charge in [0.1, 0.15) is 0 Å². The zero-order valence-electron chi connectivity index (χ0n) is 12.1. The van der Waals surface area contributed by atoms with Crippen LogP contribution in [0.4, 0.5) is 0 Å². The first-order valence-corrected chi connectivity index (χ1v) is 7.08. The first-order chi connectivity index (χ1) is 9.63. The summed E-state index contributed by atoms with van der Waals surface area (Å²) in [7, 11) is 1.87. The molecular formula is C17H21NO2. The Morgan fingerprint density at radius 1 is 1.45 bits per heavy atom. The summed E-state index contributed by atoms with van der Waals surface area (Å²) in [6.07, 6.45) is 2.94. The van der Waals surface area contributed by atoms with Crippen LogP contribution < -0.4 is 0 Å². The SMILES string of the molecule is Cc1c(C#CCCO)cccc1C(=O)N(C)CC1CC1. The number of amides is 1. The van der Waals surface area contributed by atoms with Crippen LogP contribution in [-0.4, -0.2) is 36.1 Å². The van der Waals surface area contributed by atoms with Gasteiger partial charge in [-0.15, -0.1) is 0 Å². The van der Waals surface area contributed by atoms with E-state index < -0.39 is 0 Å². The summed E-state index contributed by atoms with van der Waals surface area (Å²) in [6, 6.07) is 5.64. The van der Waals surface area contributed by atoms with Crippen LogP contribution >= 0.6 is 0 Å². The van der Waals surface area contributed by atoms with Crippen molar-refractivity contribution in [2.24, 2.45) is 5.92 Å². The lowest BCUT2D eigenvalue weighted by atomic mass is 10.0. The fourth-order valence-electron chi connectivity index (χ4n) is 2.19. The van der Waals surface area contributed by atoms with Gasteiger partial charge in [-0.1, -0.05) is 17.9 Å². The van der Waals surface area contributed by atoms with E-state index in [1.807, 2.05) is 37.1 Å². The number of aliphatic hydroxyl groups excluding tert-OH is 1. The Morgan fingerprint density at radius 3 is 2.85 bits per heavy atom. The molecule has 0 unspecified atom stereocenters. The van der Waals surface area contributed by atoms with E-state index in [0.717, 1.165) is 23.2 Å². The molecule has 1 aromatic carbocycles. The average Bonchev–Trinajstić information content (AvgIpc) is 3.24. The summed E-state index contributed by atoms with van der Waals surface area (Å²) in [5.74, 6) is 6.69. The normalized spacial score (nSPS) is 13.6. The van der Waals surface area contributed by atoms with Crippen molar-refractivity contribution in [1.29, 1.82) is 0 Å². The number of benzene rings is 1. The minimum atomic E-state index is 0.0643. The number of carbonyl (C=O) groups is 1. The third-order valence-electron chi connectivity index (χ3n) is 3.60. The maximum absolute atomic E-state index is 12.4. The third-order valence-corrected chi connectivity index (χ3v) is 3.60. The van der Waals surface area contributed by atoms with Crippen LogP contribution in [0.15, 0.2) is 18.2 Å². The molecule has 1 aliphatic rings. The van der Waals surface area contributed by atoms with E-state index in [9.17, 15) is 4.79 Å². The fourth-order valence-corrected chi connectivity index (χ4v) is 2.19. The number of rotatable bonds is 4. The summed E-state index contributed by atoms with van der Waals surface area (Å²) >= 11 is 0. The molecule has 20 heavy (non-hydrogen) atoms. The van der Waals surface area contributed by atoms with Gasteiger partial charge in [-0.05, 0) is 43.4 Å². The Bertz CT molecular complexity index is 550. The molecule has 1 amide bonds. The maximum atomic E-state index is 12.4. The van der Waals surface area contributed by atoms with E-state index in [0.29, 0.717) is 12.3 Å². The second-order valence-electron chi connectivity index (χ2n) is 5.38. The Morgan fingerprint density at radius 2 is 2.20 bits per heavy atom. The van der Waals surface area contributed by atoms with Crippen molar-refractivity contribution >= 4 is 5.91 Å². The highest BCUT2D eigenvalue weighted by atomic mass is 16.2. The molecule has 3 heteroatoms. The zero-order chi connectivity index (χ0) is 14.5. The molecule has 0 aromatic heterocycles. The zero-order valence-corrected chi connectivity index (χ0v) is 12.1. The van der Waals surface area contributed by atoms with Crippen molar-refractivity contribution in [2.45, 2.75) is 26.2 Å². The number of hydrogen-bond donors (Lipinski definition) is 1. The van der Waals surface area contributed by atoms with Crippen LogP contribution in [0.3, 0.4) is 0 Å². The minimum absolute atomic E-state index is 0.0643. The van der Waals surface area contributed by atoms with Gasteiger partial charge in [-0.25, -0.2) is 0 Å². The van der Waals surface area contributed by atoms with Crippen molar-refractivity contribution in [2.75, 3.05) is 20.2 Å². The van der Waals surface area contributed by atoms with E-state index in [4.69, 9.17) is 5.11 Å². The molecule has 1 fully saturated rings. The smallest absolute Gasteiger partial charge is 0.253 e. The number of aliphatic hydroxyl groups is 1. The van der Waals surface area contributed by atoms with Gasteiger partial charge >= 0.3 is 0 Å². The topological polar surface area (TPSA) is 40.5 Å². The summed E-state index contributed by atoms with van der Waals surface area (Å²) in [6.45, 7) is 2.84. The molecule has 0 bridgehead atoms. The number of carbonyl (C=O) groups excluding carboxylic acids is 1. The molecule has 0 aliphatic heterocycles. The van der Waals surface area contributed by atoms with E-state index in [1.165, 1.54) is 12.8 Å². The summed E-state index contributed by atoms with van der Waals surface area (Å²) in [4.78, 5) is 14.3. The quantitative estimate of drug-likeness (QED) is 0.853. The predicted molar refractivity (Wildman–Crippen MR) is 79.4 cm³/mol. The average molecular weight is 271 g/mol. The lowest BCUT2D eigenvalue weighted by Gasteiger charge is -2.18. The van der Waals surface area contributed by atoms with Crippen LogP contribution in [0, 0.1) is 24.7 Å². The second-order valence-corrected chi connectivity index (χ2v) is 5.38. The van der Waals surface area contributed by atoms with Crippen molar-refractivity contribution in [1.82, 2.24) is 4.90 Å². The van der Waals surface area contributed by atoms with Crippen LogP contribution in [0.2, 0.25) is 0 Å². The van der Waals surface area contributed by atoms with E-state index >= 15 is 0 Å². The summed E-state index contributed by atoms with van der Waals surface area (Å²) < 4.78 is 0. The van der Waals surface area contributed by atoms with Crippen molar-refractivity contribution in [3.63, 3.8) is 0 Å². The van der Waals surface area contributed by atoms with Crippen LogP contribution in [-0.2, 0) is 0 Å². The molecule has 0 spiro atoms. The Hall–Kier alpha value is -1.79. The summed E-state index contributed by atoms with van der Waals surface area (Å²) in [5, 5.41) is 8.76. The van der Waals surface area contributed by atoms with Gasteiger partial charge in [0.2, 0.25) is 0 Å². The predicted octanol–water partition coefficient (Wildman–Crippen LogP) is 2.21. The molecule has 3 nitrogen and oxygen atoms in total. The molecule has 0 atom stereocenters. The molecule has 1 N–H and O–H groups in total. The van der Waals surface area contributed by atoms with Crippen molar-refractivity contribution in [3.8, 4) is 11.8 Å². The Kier molecular flexibility index (Phi) is 4.81. The van der Waals surface area contributed by atoms with Gasteiger partial charge < -0.3 is 10.0 Å². The highest BCUT2D eigenvalue weighted by Crippen LogP contribution is 2.29. The lowest BCUT2D eigenvalue weighted by molar-refractivity contribution is 0.0788. The van der Waals surface area contributed by atoms with Gasteiger partial charge in [0.15, 0.2) is 0 Å². The summed E-state index contributed by atoms with van der Waals surface area (Å²) in [5.41, 5.74) is 2.51. The molecule has 1 aliphatic carbocycles. The first-order valence-electron chi connectivity index (χ1n) is 7.08. The van der Waals surface area contributed by atoms with Crippen molar-refractivity contribution in [3.05, 3.63) is 34.9 Å². The molecular weight excluding hydrogens is 250 g/mol. The Balaban J connectivity index is 2.16. The minimum Gasteiger partial charge on any atom is -0.395 e. The fraction of sp³-hybridized carbons (Fsp3) is 0.471. The van der Waals surface area contributed by atoms with E-state index in [2.05, 4.69) is 11.8 Å². The van der Waals surface area contributed by atoms with Gasteiger partial charge in [0.05, 0.1) is 6.61 Å². The molecule has 0 saturated heterocycles. The monoisotopic (exact) mass is 271 g/mol. The van der Waals surface area contributed by atoms with Gasteiger partial charge in [-0.3, -0.25) is 4.79 Å². The van der Waals surface area contributed by atoms with E-state index in [1.54, 1.807) is 0 Å². The first kappa shape index (κ1) is 14.6. The van der Waals surface area contributed by atoms with E-state index in [-0.39, 0.29) is 12.5 Å². The van der Waals surface area contributed by atoms with Crippen molar-refractivity contribution < 1.29 is 9.90 Å². The largest absolute Gasteiger partial charge is 0.395 e. The maximum Gasteiger partial charge on any atom is 0.253 e. The number of hydrogen-bond acceptors (Lipinski definition) is 2. The second kappa shape index (κ2) is 6.58. The molecule has 1 saturated carbocycles. The van der Waals surface area contributed by atoms with Crippen LogP contribution in [0.5, 0.6) is 0 Å². The van der Waals surface area contributed by atoms with Gasteiger partial charge in [0.25, 0.3) is 5.91 Å². The Labute approximate surface area is 120 Å². The third kappa shape index (κ3) is 3.61. The highest BCUT2D eigenvalue weighted by Gasteiger charge is 2.25. The molecule has 106 valence electrons. The number of nitrogens with zero attached hydrogens (tertiary/aromatic N) is 1. The molecule has 1 aromatic rings. The van der Waals surface area contributed by atoms with Gasteiger partial charge in [-0.2, -0.15) is 0 Å². The highest BCUT2D eigenvalue weighted by molar-refractivity contribution is 5.96. The molecule has 0 heterocycles.